The van der Waals surface area contributed by atoms with Crippen LogP contribution in [0.2, 0.25) is 0 Å². The quantitative estimate of drug-likeness (QED) is 0.658. The third-order valence-corrected chi connectivity index (χ3v) is 4.97. The van der Waals surface area contributed by atoms with E-state index in [0.717, 1.165) is 23.0 Å². The van der Waals surface area contributed by atoms with E-state index in [1.54, 1.807) is 0 Å². The van der Waals surface area contributed by atoms with Gasteiger partial charge in [0.2, 0.25) is 0 Å². The molecule has 1 rings (SSSR count). The second-order valence-electron chi connectivity index (χ2n) is 5.16. The largest absolute Gasteiger partial charge is 0.158 e. The van der Waals surface area contributed by atoms with Crippen molar-refractivity contribution in [2.24, 2.45) is 17.8 Å². The lowest BCUT2D eigenvalue weighted by molar-refractivity contribution is 0.318. The van der Waals surface area contributed by atoms with Crippen molar-refractivity contribution in [1.29, 1.82) is 0 Å². The van der Waals surface area contributed by atoms with Crippen LogP contribution in [0.25, 0.3) is 0 Å². The van der Waals surface area contributed by atoms with Gasteiger partial charge < -0.3 is 0 Å². The Bertz CT molecular complexity index is 142. The molecule has 0 bridgehead atoms. The van der Waals surface area contributed by atoms with Crippen molar-refractivity contribution < 1.29 is 0 Å². The molecule has 0 aromatic carbocycles. The molecular formula is C12H24S. The first-order chi connectivity index (χ1) is 6.09. The monoisotopic (exact) mass is 200 g/mol. The molecule has 0 spiro atoms. The zero-order valence-corrected chi connectivity index (χ0v) is 10.4. The molecule has 1 aliphatic carbocycles. The molecule has 0 saturated heterocycles. The predicted octanol–water partition coefficient (Wildman–Crippen LogP) is 4.20. The molecular weight excluding hydrogens is 176 g/mol. The summed E-state index contributed by atoms with van der Waals surface area (Å²) in [5, 5.41) is 0.950. The van der Waals surface area contributed by atoms with Crippen LogP contribution in [-0.4, -0.2) is 11.0 Å². The zero-order valence-electron chi connectivity index (χ0n) is 9.55. The fourth-order valence-corrected chi connectivity index (χ4v) is 3.59. The Morgan fingerprint density at radius 3 is 2.54 bits per heavy atom. The number of thioether (sulfide) groups is 1. The van der Waals surface area contributed by atoms with Gasteiger partial charge in [-0.1, -0.05) is 34.1 Å². The standard InChI is InChI=1S/C12H24S/c1-9(2)8-13-12-7-10(3)5-6-11(12)4/h9-12H,5-8H2,1-4H3. The van der Waals surface area contributed by atoms with Crippen LogP contribution in [0.1, 0.15) is 47.0 Å². The molecule has 0 aromatic heterocycles. The lowest BCUT2D eigenvalue weighted by atomic mass is 9.84. The third kappa shape index (κ3) is 3.93. The van der Waals surface area contributed by atoms with Crippen molar-refractivity contribution in [2.75, 3.05) is 5.75 Å². The van der Waals surface area contributed by atoms with Gasteiger partial charge in [-0.25, -0.2) is 0 Å². The van der Waals surface area contributed by atoms with Crippen LogP contribution < -0.4 is 0 Å². The van der Waals surface area contributed by atoms with Crippen molar-refractivity contribution in [1.82, 2.24) is 0 Å². The Kier molecular flexibility index (Phi) is 4.64. The second-order valence-corrected chi connectivity index (χ2v) is 6.43. The van der Waals surface area contributed by atoms with E-state index in [9.17, 15) is 0 Å². The summed E-state index contributed by atoms with van der Waals surface area (Å²) in [5.41, 5.74) is 0. The summed E-state index contributed by atoms with van der Waals surface area (Å²) in [6.45, 7) is 9.49. The molecule has 0 radical (unpaired) electrons. The molecule has 1 saturated carbocycles. The summed E-state index contributed by atoms with van der Waals surface area (Å²) in [4.78, 5) is 0. The minimum absolute atomic E-state index is 0.856. The van der Waals surface area contributed by atoms with E-state index in [-0.39, 0.29) is 0 Å². The van der Waals surface area contributed by atoms with Gasteiger partial charge in [-0.3, -0.25) is 0 Å². The smallest absolute Gasteiger partial charge is 0.00753 e. The highest BCUT2D eigenvalue weighted by molar-refractivity contribution is 7.99. The number of hydrogen-bond donors (Lipinski definition) is 0. The molecule has 1 heteroatoms. The molecule has 3 unspecified atom stereocenters. The van der Waals surface area contributed by atoms with Gasteiger partial charge in [0.05, 0.1) is 0 Å². The summed E-state index contributed by atoms with van der Waals surface area (Å²) in [6.07, 6.45) is 4.37. The summed E-state index contributed by atoms with van der Waals surface area (Å²) in [7, 11) is 0. The Balaban J connectivity index is 2.29. The van der Waals surface area contributed by atoms with Crippen molar-refractivity contribution in [3.05, 3.63) is 0 Å². The zero-order chi connectivity index (χ0) is 9.84. The van der Waals surface area contributed by atoms with Gasteiger partial charge in [0.15, 0.2) is 0 Å². The third-order valence-electron chi connectivity index (χ3n) is 3.03. The van der Waals surface area contributed by atoms with Gasteiger partial charge in [-0.05, 0) is 36.3 Å². The lowest BCUT2D eigenvalue weighted by Gasteiger charge is -2.32. The van der Waals surface area contributed by atoms with E-state index in [1.165, 1.54) is 25.0 Å². The van der Waals surface area contributed by atoms with Crippen LogP contribution in [0.15, 0.2) is 0 Å². The van der Waals surface area contributed by atoms with E-state index >= 15 is 0 Å². The molecule has 0 N–H and O–H groups in total. The highest BCUT2D eigenvalue weighted by Crippen LogP contribution is 2.36. The average Bonchev–Trinajstić information content (AvgIpc) is 2.06. The summed E-state index contributed by atoms with van der Waals surface area (Å²) >= 11 is 2.22. The normalized spacial score (nSPS) is 35.3. The molecule has 78 valence electrons. The minimum Gasteiger partial charge on any atom is -0.158 e. The van der Waals surface area contributed by atoms with E-state index < -0.39 is 0 Å². The van der Waals surface area contributed by atoms with Crippen molar-refractivity contribution in [2.45, 2.75) is 52.2 Å². The van der Waals surface area contributed by atoms with Crippen LogP contribution in [-0.2, 0) is 0 Å². The molecule has 0 aliphatic heterocycles. The van der Waals surface area contributed by atoms with Crippen molar-refractivity contribution in [3.8, 4) is 0 Å². The Labute approximate surface area is 87.9 Å². The average molecular weight is 200 g/mol. The first-order valence-electron chi connectivity index (χ1n) is 5.71. The molecule has 0 amide bonds. The summed E-state index contributed by atoms with van der Waals surface area (Å²) in [5.74, 6) is 4.14. The number of hydrogen-bond acceptors (Lipinski definition) is 1. The van der Waals surface area contributed by atoms with Crippen LogP contribution in [0.3, 0.4) is 0 Å². The van der Waals surface area contributed by atoms with Gasteiger partial charge >= 0.3 is 0 Å². The van der Waals surface area contributed by atoms with E-state index in [4.69, 9.17) is 0 Å². The number of rotatable bonds is 3. The van der Waals surface area contributed by atoms with Crippen molar-refractivity contribution in [3.63, 3.8) is 0 Å². The Morgan fingerprint density at radius 2 is 1.92 bits per heavy atom. The molecule has 0 heterocycles. The van der Waals surface area contributed by atoms with Crippen LogP contribution in [0, 0.1) is 17.8 Å². The van der Waals surface area contributed by atoms with E-state index in [2.05, 4.69) is 39.5 Å². The van der Waals surface area contributed by atoms with E-state index in [1.807, 2.05) is 0 Å². The Morgan fingerprint density at radius 1 is 1.23 bits per heavy atom. The SMILES string of the molecule is CC(C)CSC1CC(C)CCC1C. The molecule has 0 nitrogen and oxygen atoms in total. The fourth-order valence-electron chi connectivity index (χ4n) is 2.03. The summed E-state index contributed by atoms with van der Waals surface area (Å²) < 4.78 is 0. The first-order valence-corrected chi connectivity index (χ1v) is 6.76. The maximum absolute atomic E-state index is 2.43. The molecule has 1 fully saturated rings. The highest BCUT2D eigenvalue weighted by atomic mass is 32.2. The molecule has 1 aliphatic rings. The fraction of sp³-hybridized carbons (Fsp3) is 1.00. The molecule has 13 heavy (non-hydrogen) atoms. The van der Waals surface area contributed by atoms with Gasteiger partial charge in [0, 0.05) is 5.25 Å². The van der Waals surface area contributed by atoms with Gasteiger partial charge in [-0.15, -0.1) is 0 Å². The maximum Gasteiger partial charge on any atom is 0.00753 e. The van der Waals surface area contributed by atoms with E-state index in [0.29, 0.717) is 0 Å². The maximum atomic E-state index is 2.43. The first kappa shape index (κ1) is 11.4. The van der Waals surface area contributed by atoms with Crippen LogP contribution in [0.5, 0.6) is 0 Å². The second kappa shape index (κ2) is 5.29. The minimum atomic E-state index is 0.856. The topological polar surface area (TPSA) is 0 Å². The van der Waals surface area contributed by atoms with Crippen molar-refractivity contribution >= 4 is 11.8 Å². The Hall–Kier alpha value is 0.350. The lowest BCUT2D eigenvalue weighted by Crippen LogP contribution is -2.24. The summed E-state index contributed by atoms with van der Waals surface area (Å²) in [6, 6.07) is 0. The molecule has 3 atom stereocenters. The van der Waals surface area contributed by atoms with Crippen LogP contribution >= 0.6 is 11.8 Å². The van der Waals surface area contributed by atoms with Gasteiger partial charge in [0.25, 0.3) is 0 Å². The van der Waals surface area contributed by atoms with Gasteiger partial charge in [-0.2, -0.15) is 11.8 Å². The highest BCUT2D eigenvalue weighted by Gasteiger charge is 2.25. The van der Waals surface area contributed by atoms with Gasteiger partial charge in [0.1, 0.15) is 0 Å². The van der Waals surface area contributed by atoms with Crippen LogP contribution in [0.4, 0.5) is 0 Å². The molecule has 0 aromatic rings. The predicted molar refractivity (Wildman–Crippen MR) is 63.3 cm³/mol.